The molecule has 0 aliphatic rings. The number of rotatable bonds is 4. The van der Waals surface area contributed by atoms with Crippen LogP contribution in [0.3, 0.4) is 0 Å². The van der Waals surface area contributed by atoms with Crippen molar-refractivity contribution in [1.82, 2.24) is 0 Å². The Morgan fingerprint density at radius 1 is 1.22 bits per heavy atom. The maximum absolute atomic E-state index is 13.6. The molecule has 0 unspecified atom stereocenters. The SMILES string of the molecule is CCOC(=O)/C=C(\F)c1ccc(C(=O)OC)cc1. The third-order valence-corrected chi connectivity index (χ3v) is 2.11. The molecule has 1 aromatic carbocycles. The number of hydrogen-bond donors (Lipinski definition) is 0. The molecule has 0 atom stereocenters. The van der Waals surface area contributed by atoms with Crippen molar-refractivity contribution in [3.63, 3.8) is 0 Å². The van der Waals surface area contributed by atoms with Gasteiger partial charge in [0.05, 0.1) is 25.4 Å². The molecule has 1 rings (SSSR count). The Bertz CT molecular complexity index is 462. The highest BCUT2D eigenvalue weighted by atomic mass is 19.1. The minimum absolute atomic E-state index is 0.184. The van der Waals surface area contributed by atoms with Crippen LogP contribution in [0.5, 0.6) is 0 Å². The molecule has 0 bridgehead atoms. The van der Waals surface area contributed by atoms with Gasteiger partial charge in [0.15, 0.2) is 0 Å². The molecule has 0 aromatic heterocycles. The number of methoxy groups -OCH3 is 1. The Hall–Kier alpha value is -2.17. The van der Waals surface area contributed by atoms with Crippen molar-refractivity contribution in [2.75, 3.05) is 13.7 Å². The van der Waals surface area contributed by atoms with Gasteiger partial charge in [0.25, 0.3) is 0 Å². The van der Waals surface area contributed by atoms with Crippen LogP contribution in [0, 0.1) is 0 Å². The molecule has 1 aromatic rings. The van der Waals surface area contributed by atoms with Crippen molar-refractivity contribution in [3.05, 3.63) is 41.5 Å². The zero-order valence-corrected chi connectivity index (χ0v) is 10.1. The Labute approximate surface area is 104 Å². The van der Waals surface area contributed by atoms with E-state index in [1.54, 1.807) is 6.92 Å². The lowest BCUT2D eigenvalue weighted by atomic mass is 10.1. The van der Waals surface area contributed by atoms with Gasteiger partial charge < -0.3 is 9.47 Å². The van der Waals surface area contributed by atoms with Gasteiger partial charge in [-0.3, -0.25) is 0 Å². The second-order valence-corrected chi connectivity index (χ2v) is 3.31. The highest BCUT2D eigenvalue weighted by molar-refractivity contribution is 5.91. The van der Waals surface area contributed by atoms with Gasteiger partial charge in [-0.1, -0.05) is 12.1 Å². The molecule has 0 spiro atoms. The van der Waals surface area contributed by atoms with Gasteiger partial charge >= 0.3 is 11.9 Å². The monoisotopic (exact) mass is 252 g/mol. The molecule has 5 heteroatoms. The Balaban J connectivity index is 2.85. The summed E-state index contributed by atoms with van der Waals surface area (Å²) in [5.74, 6) is -1.96. The van der Waals surface area contributed by atoms with Gasteiger partial charge in [-0.25, -0.2) is 14.0 Å². The lowest BCUT2D eigenvalue weighted by Crippen LogP contribution is -2.01. The zero-order chi connectivity index (χ0) is 13.5. The minimum Gasteiger partial charge on any atom is -0.465 e. The fraction of sp³-hybridized carbons (Fsp3) is 0.231. The molecule has 0 heterocycles. The van der Waals surface area contributed by atoms with Gasteiger partial charge in [0.2, 0.25) is 0 Å². The summed E-state index contributed by atoms with van der Waals surface area (Å²) in [6.07, 6.45) is 0.761. The standard InChI is InChI=1S/C13H13FO4/c1-3-18-12(15)8-11(14)9-4-6-10(7-5-9)13(16)17-2/h4-8H,3H2,1-2H3/b11-8-. The lowest BCUT2D eigenvalue weighted by Gasteiger charge is -2.01. The molecule has 0 N–H and O–H groups in total. The molecule has 18 heavy (non-hydrogen) atoms. The molecule has 0 amide bonds. The topological polar surface area (TPSA) is 52.6 Å². The lowest BCUT2D eigenvalue weighted by molar-refractivity contribution is -0.137. The molecule has 0 aliphatic carbocycles. The smallest absolute Gasteiger partial charge is 0.337 e. The van der Waals surface area contributed by atoms with Gasteiger partial charge in [-0.15, -0.1) is 0 Å². The van der Waals surface area contributed by atoms with Crippen molar-refractivity contribution in [1.29, 1.82) is 0 Å². The van der Waals surface area contributed by atoms with Gasteiger partial charge in [-0.05, 0) is 19.1 Å². The summed E-state index contributed by atoms with van der Waals surface area (Å²) in [5, 5.41) is 0. The number of carbonyl (C=O) groups excluding carboxylic acids is 2. The van der Waals surface area contributed by atoms with E-state index in [1.807, 2.05) is 0 Å². The Morgan fingerprint density at radius 2 is 1.78 bits per heavy atom. The fourth-order valence-electron chi connectivity index (χ4n) is 1.25. The van der Waals surface area contributed by atoms with Gasteiger partial charge in [0.1, 0.15) is 5.83 Å². The van der Waals surface area contributed by atoms with E-state index < -0.39 is 17.8 Å². The first-order valence-corrected chi connectivity index (χ1v) is 5.31. The molecule has 0 aliphatic heterocycles. The van der Waals surface area contributed by atoms with Crippen molar-refractivity contribution >= 4 is 17.8 Å². The summed E-state index contributed by atoms with van der Waals surface area (Å²) in [6, 6.07) is 5.61. The maximum atomic E-state index is 13.6. The molecule has 0 radical (unpaired) electrons. The fourth-order valence-corrected chi connectivity index (χ4v) is 1.25. The highest BCUT2D eigenvalue weighted by Crippen LogP contribution is 2.17. The molecule has 4 nitrogen and oxygen atoms in total. The molecule has 96 valence electrons. The number of carbonyl (C=O) groups is 2. The average molecular weight is 252 g/mol. The molecular weight excluding hydrogens is 239 g/mol. The summed E-state index contributed by atoms with van der Waals surface area (Å²) in [6.45, 7) is 1.82. The minimum atomic E-state index is -0.743. The van der Waals surface area contributed by atoms with Crippen LogP contribution in [0.4, 0.5) is 4.39 Å². The Morgan fingerprint density at radius 3 is 2.28 bits per heavy atom. The second kappa shape index (κ2) is 6.54. The van der Waals surface area contributed by atoms with Crippen molar-refractivity contribution in [2.24, 2.45) is 0 Å². The van der Waals surface area contributed by atoms with Crippen LogP contribution in [0.25, 0.3) is 5.83 Å². The predicted octanol–water partition coefficient (Wildman–Crippen LogP) is 2.35. The molecule has 0 saturated heterocycles. The summed E-state index contributed by atoms with van der Waals surface area (Å²) in [4.78, 5) is 22.2. The van der Waals surface area contributed by atoms with E-state index in [0.29, 0.717) is 5.56 Å². The quantitative estimate of drug-likeness (QED) is 0.609. The average Bonchev–Trinajstić information content (AvgIpc) is 2.38. The summed E-state index contributed by atoms with van der Waals surface area (Å²) >= 11 is 0. The number of halogens is 1. The second-order valence-electron chi connectivity index (χ2n) is 3.31. The number of hydrogen-bond acceptors (Lipinski definition) is 4. The third-order valence-electron chi connectivity index (χ3n) is 2.11. The number of benzene rings is 1. The normalized spacial score (nSPS) is 10.9. The summed E-state index contributed by atoms with van der Waals surface area (Å²) < 4.78 is 22.7. The van der Waals surface area contributed by atoms with E-state index in [2.05, 4.69) is 9.47 Å². The van der Waals surface area contributed by atoms with Crippen LogP contribution in [0.2, 0.25) is 0 Å². The highest BCUT2D eigenvalue weighted by Gasteiger charge is 2.08. The van der Waals surface area contributed by atoms with Gasteiger partial charge in [0, 0.05) is 5.56 Å². The third kappa shape index (κ3) is 3.69. The largest absolute Gasteiger partial charge is 0.465 e. The van der Waals surface area contributed by atoms with Crippen LogP contribution in [-0.2, 0) is 14.3 Å². The van der Waals surface area contributed by atoms with E-state index in [9.17, 15) is 14.0 Å². The first kappa shape index (κ1) is 13.9. The summed E-state index contributed by atoms with van der Waals surface area (Å²) in [7, 11) is 1.26. The van der Waals surface area contributed by atoms with E-state index in [-0.39, 0.29) is 12.2 Å². The maximum Gasteiger partial charge on any atom is 0.337 e. The van der Waals surface area contributed by atoms with Crippen LogP contribution in [-0.4, -0.2) is 25.7 Å². The zero-order valence-electron chi connectivity index (χ0n) is 10.1. The van der Waals surface area contributed by atoms with Crippen molar-refractivity contribution in [3.8, 4) is 0 Å². The Kier molecular flexibility index (Phi) is 5.05. The molecular formula is C13H13FO4. The van der Waals surface area contributed by atoms with Crippen LogP contribution in [0.1, 0.15) is 22.8 Å². The van der Waals surface area contributed by atoms with Crippen molar-refractivity contribution < 1.29 is 23.5 Å². The predicted molar refractivity (Wildman–Crippen MR) is 63.5 cm³/mol. The van der Waals surface area contributed by atoms with E-state index >= 15 is 0 Å². The van der Waals surface area contributed by atoms with Crippen LogP contribution >= 0.6 is 0 Å². The number of esters is 2. The van der Waals surface area contributed by atoms with E-state index in [0.717, 1.165) is 6.08 Å². The first-order valence-electron chi connectivity index (χ1n) is 5.31. The van der Waals surface area contributed by atoms with E-state index in [4.69, 9.17) is 0 Å². The number of ether oxygens (including phenoxy) is 2. The van der Waals surface area contributed by atoms with Crippen LogP contribution in [0.15, 0.2) is 30.3 Å². The summed E-state index contributed by atoms with van der Waals surface area (Å²) in [5.41, 5.74) is 0.501. The van der Waals surface area contributed by atoms with Crippen LogP contribution < -0.4 is 0 Å². The first-order chi connectivity index (χ1) is 8.58. The van der Waals surface area contributed by atoms with Crippen molar-refractivity contribution in [2.45, 2.75) is 6.92 Å². The van der Waals surface area contributed by atoms with Gasteiger partial charge in [-0.2, -0.15) is 0 Å². The molecule has 0 saturated carbocycles. The van der Waals surface area contributed by atoms with E-state index in [1.165, 1.54) is 31.4 Å². The molecule has 0 fully saturated rings.